The minimum Gasteiger partial charge on any atom is -0.466 e. The molecule has 3 nitrogen and oxygen atoms in total. The number of hydrogen-bond donors (Lipinski definition) is 0. The second-order valence-electron chi connectivity index (χ2n) is 8.88. The van der Waals surface area contributed by atoms with E-state index in [4.69, 9.17) is 9.25 Å². The first-order valence-corrected chi connectivity index (χ1v) is 11.9. The second-order valence-corrected chi connectivity index (χ2v) is 8.88. The van der Waals surface area contributed by atoms with Gasteiger partial charge in [0.1, 0.15) is 23.7 Å². The van der Waals surface area contributed by atoms with Gasteiger partial charge in [0.25, 0.3) is 0 Å². The van der Waals surface area contributed by atoms with E-state index in [9.17, 15) is 0 Å². The maximum Gasteiger partial charge on any atom is 0.139 e. The molecule has 0 unspecified atom stereocenters. The third-order valence-corrected chi connectivity index (χ3v) is 6.50. The fourth-order valence-electron chi connectivity index (χ4n) is 4.82. The van der Waals surface area contributed by atoms with Crippen molar-refractivity contribution < 1.29 is 9.25 Å². The number of fused-ring (bicyclic) bond motifs is 1. The Labute approximate surface area is 196 Å². The van der Waals surface area contributed by atoms with Crippen LogP contribution >= 0.6 is 0 Å². The van der Waals surface area contributed by atoms with Crippen molar-refractivity contribution in [3.8, 4) is 0 Å². The number of nitrogens with zero attached hydrogens (tertiary/aromatic N) is 1. The van der Waals surface area contributed by atoms with Crippen molar-refractivity contribution in [1.29, 1.82) is 0 Å². The SMILES string of the molecule is CCCCc1oc(C)c2c1[C@@H](c1ccccc1)N(c1ccc(C)cc1)O[C@H]2c1ccccc1. The second kappa shape index (κ2) is 9.29. The van der Waals surface area contributed by atoms with Crippen LogP contribution in [0.3, 0.4) is 0 Å². The summed E-state index contributed by atoms with van der Waals surface area (Å²) in [5.74, 6) is 2.04. The zero-order valence-electron chi connectivity index (χ0n) is 19.6. The Hall–Kier alpha value is -3.30. The van der Waals surface area contributed by atoms with Crippen LogP contribution in [0.25, 0.3) is 0 Å². The molecule has 1 aliphatic rings. The molecule has 0 N–H and O–H groups in total. The van der Waals surface area contributed by atoms with E-state index in [1.807, 2.05) is 6.07 Å². The van der Waals surface area contributed by atoms with Crippen LogP contribution in [0, 0.1) is 13.8 Å². The molecule has 2 atom stereocenters. The lowest BCUT2D eigenvalue weighted by Crippen LogP contribution is -2.37. The summed E-state index contributed by atoms with van der Waals surface area (Å²) in [4.78, 5) is 6.86. The minimum absolute atomic E-state index is 0.0758. The highest BCUT2D eigenvalue weighted by atomic mass is 16.7. The molecule has 1 aliphatic heterocycles. The van der Waals surface area contributed by atoms with Crippen molar-refractivity contribution in [3.05, 3.63) is 124 Å². The standard InChI is InChI=1S/C30H31NO2/c1-4-5-16-26-28-27(22(3)32-26)30(24-14-10-7-11-15-24)33-31(25-19-17-21(2)18-20-25)29(28)23-12-8-6-9-13-23/h6-15,17-20,29-30H,4-5,16H2,1-3H3/t29-,30+/m1/s1. The lowest BCUT2D eigenvalue weighted by molar-refractivity contribution is 0.0304. The number of furan rings is 1. The molecule has 168 valence electrons. The normalized spacial score (nSPS) is 17.7. The third kappa shape index (κ3) is 4.09. The summed E-state index contributed by atoms with van der Waals surface area (Å²) in [6.07, 6.45) is 2.94. The van der Waals surface area contributed by atoms with E-state index < -0.39 is 0 Å². The molecule has 0 aliphatic carbocycles. The van der Waals surface area contributed by atoms with Gasteiger partial charge in [0.15, 0.2) is 0 Å². The average Bonchev–Trinajstić information content (AvgIpc) is 3.19. The van der Waals surface area contributed by atoms with Gasteiger partial charge in [0, 0.05) is 17.5 Å². The Bertz CT molecular complexity index is 1200. The highest BCUT2D eigenvalue weighted by Crippen LogP contribution is 2.49. The molecule has 1 aromatic heterocycles. The van der Waals surface area contributed by atoms with Gasteiger partial charge in [-0.1, -0.05) is 91.7 Å². The number of anilines is 1. The summed E-state index contributed by atoms with van der Waals surface area (Å²) in [5, 5.41) is 2.10. The molecule has 0 saturated carbocycles. The van der Waals surface area contributed by atoms with Gasteiger partial charge in [-0.05, 0) is 43.5 Å². The van der Waals surface area contributed by atoms with Gasteiger partial charge in [-0.15, -0.1) is 0 Å². The van der Waals surface area contributed by atoms with E-state index in [2.05, 4.69) is 105 Å². The lowest BCUT2D eigenvalue weighted by atomic mass is 9.87. The van der Waals surface area contributed by atoms with Gasteiger partial charge < -0.3 is 4.42 Å². The topological polar surface area (TPSA) is 25.6 Å². The van der Waals surface area contributed by atoms with Crippen LogP contribution < -0.4 is 5.06 Å². The largest absolute Gasteiger partial charge is 0.466 e. The van der Waals surface area contributed by atoms with Crippen LogP contribution in [0.5, 0.6) is 0 Å². The summed E-state index contributed by atoms with van der Waals surface area (Å²) in [5.41, 5.74) is 7.03. The highest BCUT2D eigenvalue weighted by Gasteiger charge is 2.41. The van der Waals surface area contributed by atoms with E-state index in [0.29, 0.717) is 0 Å². The molecule has 33 heavy (non-hydrogen) atoms. The maximum atomic E-state index is 6.86. The molecule has 3 heteroatoms. The monoisotopic (exact) mass is 437 g/mol. The molecule has 0 fully saturated rings. The van der Waals surface area contributed by atoms with Gasteiger partial charge in [0.05, 0.1) is 5.69 Å². The first kappa shape index (κ1) is 21.5. The summed E-state index contributed by atoms with van der Waals surface area (Å²) in [6.45, 7) is 6.42. The van der Waals surface area contributed by atoms with E-state index >= 15 is 0 Å². The Kier molecular flexibility index (Phi) is 6.06. The summed E-state index contributed by atoms with van der Waals surface area (Å²) >= 11 is 0. The summed E-state index contributed by atoms with van der Waals surface area (Å²) in [6, 6.07) is 29.6. The highest BCUT2D eigenvalue weighted by molar-refractivity contribution is 5.57. The first-order chi connectivity index (χ1) is 16.2. The van der Waals surface area contributed by atoms with Crippen molar-refractivity contribution in [1.82, 2.24) is 0 Å². The predicted molar refractivity (Wildman–Crippen MR) is 133 cm³/mol. The molecule has 0 spiro atoms. The fraction of sp³-hybridized carbons (Fsp3) is 0.267. The predicted octanol–water partition coefficient (Wildman–Crippen LogP) is 7.87. The minimum atomic E-state index is -0.221. The molecule has 5 rings (SSSR count). The van der Waals surface area contributed by atoms with Gasteiger partial charge in [0.2, 0.25) is 0 Å². The molecule has 0 saturated heterocycles. The molecule has 0 amide bonds. The number of benzene rings is 3. The number of rotatable bonds is 6. The number of hydroxylamine groups is 1. The van der Waals surface area contributed by atoms with Crippen LogP contribution in [0.1, 0.15) is 71.2 Å². The van der Waals surface area contributed by atoms with Crippen molar-refractivity contribution >= 4 is 5.69 Å². The Morgan fingerprint density at radius 2 is 1.39 bits per heavy atom. The molecule has 0 bridgehead atoms. The summed E-state index contributed by atoms with van der Waals surface area (Å²) < 4.78 is 6.47. The maximum absolute atomic E-state index is 6.86. The molecular formula is C30H31NO2. The van der Waals surface area contributed by atoms with Crippen LogP contribution in [0.2, 0.25) is 0 Å². The lowest BCUT2D eigenvalue weighted by Gasteiger charge is -2.41. The number of hydrogen-bond acceptors (Lipinski definition) is 3. The van der Waals surface area contributed by atoms with E-state index in [1.165, 1.54) is 22.3 Å². The van der Waals surface area contributed by atoms with E-state index in [0.717, 1.165) is 42.0 Å². The van der Waals surface area contributed by atoms with E-state index in [-0.39, 0.29) is 12.1 Å². The van der Waals surface area contributed by atoms with Gasteiger partial charge in [-0.3, -0.25) is 4.84 Å². The number of unbranched alkanes of at least 4 members (excludes halogenated alkanes) is 1. The van der Waals surface area contributed by atoms with Gasteiger partial charge in [-0.25, -0.2) is 5.06 Å². The Morgan fingerprint density at radius 1 is 0.758 bits per heavy atom. The van der Waals surface area contributed by atoms with Crippen molar-refractivity contribution in [2.45, 2.75) is 52.2 Å². The van der Waals surface area contributed by atoms with Crippen LogP contribution in [0.15, 0.2) is 89.3 Å². The first-order valence-electron chi connectivity index (χ1n) is 11.9. The zero-order chi connectivity index (χ0) is 22.8. The average molecular weight is 438 g/mol. The fourth-order valence-corrected chi connectivity index (χ4v) is 4.82. The summed E-state index contributed by atoms with van der Waals surface area (Å²) in [7, 11) is 0. The molecule has 3 aromatic carbocycles. The van der Waals surface area contributed by atoms with Crippen molar-refractivity contribution in [3.63, 3.8) is 0 Å². The Balaban J connectivity index is 1.74. The number of aryl methyl sites for hydroxylation is 3. The van der Waals surface area contributed by atoms with Gasteiger partial charge >= 0.3 is 0 Å². The Morgan fingerprint density at radius 3 is 2.03 bits per heavy atom. The van der Waals surface area contributed by atoms with Crippen molar-refractivity contribution in [2.24, 2.45) is 0 Å². The molecule has 0 radical (unpaired) electrons. The van der Waals surface area contributed by atoms with Crippen LogP contribution in [0.4, 0.5) is 5.69 Å². The quantitative estimate of drug-likeness (QED) is 0.307. The van der Waals surface area contributed by atoms with Crippen LogP contribution in [-0.4, -0.2) is 0 Å². The molecule has 2 heterocycles. The zero-order valence-corrected chi connectivity index (χ0v) is 19.6. The third-order valence-electron chi connectivity index (χ3n) is 6.50. The smallest absolute Gasteiger partial charge is 0.139 e. The molecule has 4 aromatic rings. The van der Waals surface area contributed by atoms with Crippen molar-refractivity contribution in [2.75, 3.05) is 5.06 Å². The molecular weight excluding hydrogens is 406 g/mol. The van der Waals surface area contributed by atoms with Gasteiger partial charge in [-0.2, -0.15) is 0 Å². The van der Waals surface area contributed by atoms with Crippen LogP contribution in [-0.2, 0) is 11.3 Å². The van der Waals surface area contributed by atoms with E-state index in [1.54, 1.807) is 0 Å².